The van der Waals surface area contributed by atoms with Crippen molar-refractivity contribution in [2.75, 3.05) is 0 Å². The van der Waals surface area contributed by atoms with Gasteiger partial charge in [0, 0.05) is 6.42 Å². The van der Waals surface area contributed by atoms with Gasteiger partial charge in [-0.3, -0.25) is 0 Å². The van der Waals surface area contributed by atoms with Gasteiger partial charge in [0.2, 0.25) is 0 Å². The number of hydrogen-bond acceptors (Lipinski definition) is 1. The molecule has 0 N–H and O–H groups in total. The Bertz CT molecular complexity index is 71.8. The van der Waals surface area contributed by atoms with Crippen LogP contribution in [0.1, 0.15) is 26.2 Å². The van der Waals surface area contributed by atoms with E-state index in [4.69, 9.17) is 5.26 Å². The summed E-state index contributed by atoms with van der Waals surface area (Å²) in [5.41, 5.74) is 0. The van der Waals surface area contributed by atoms with Crippen molar-refractivity contribution in [1.82, 2.24) is 0 Å². The Morgan fingerprint density at radius 2 is 2.00 bits per heavy atom. The number of nitriles is 1. The molecule has 0 saturated heterocycles. The van der Waals surface area contributed by atoms with Gasteiger partial charge in [0.25, 0.3) is 0 Å². The summed E-state index contributed by atoms with van der Waals surface area (Å²) in [5, 5.41) is 7.95. The van der Waals surface area contributed by atoms with Crippen LogP contribution >= 0.6 is 27.2 Å². The molecule has 0 aliphatic rings. The van der Waals surface area contributed by atoms with Crippen molar-refractivity contribution >= 4 is 27.2 Å². The second-order valence-electron chi connectivity index (χ2n) is 1.36. The molecule has 0 aromatic rings. The van der Waals surface area contributed by atoms with E-state index >= 15 is 0 Å². The first-order valence-corrected chi connectivity index (χ1v) is 16.7. The standard InChI is InChI=1S/C5H9N.2BrH.Zn/c1-2-3-4-5-6;;;/h2-4H2,1H3;2*1H;/q;;;+2/p-2. The molecule has 0 heterocycles. The van der Waals surface area contributed by atoms with Crippen LogP contribution in [0.2, 0.25) is 0 Å². The van der Waals surface area contributed by atoms with Gasteiger partial charge in [0.1, 0.15) is 0 Å². The molecule has 0 fully saturated rings. The number of hydrogen-bond donors (Lipinski definition) is 0. The molecular weight excluding hydrogens is 299 g/mol. The van der Waals surface area contributed by atoms with Crippen LogP contribution in [0.3, 0.4) is 0 Å². The summed E-state index contributed by atoms with van der Waals surface area (Å²) in [4.78, 5) is 0. The van der Waals surface area contributed by atoms with Gasteiger partial charge in [0.15, 0.2) is 0 Å². The van der Waals surface area contributed by atoms with Crippen molar-refractivity contribution in [1.29, 1.82) is 5.26 Å². The zero-order chi connectivity index (χ0) is 7.54. The average Bonchev–Trinajstić information content (AvgIpc) is 1.86. The van der Waals surface area contributed by atoms with Gasteiger partial charge in [-0.25, -0.2) is 0 Å². The first-order valence-electron chi connectivity index (χ1n) is 2.82. The molecule has 0 atom stereocenters. The second kappa shape index (κ2) is 16.0. The quantitative estimate of drug-likeness (QED) is 0.567. The molecule has 0 bridgehead atoms. The molecule has 0 amide bonds. The number of rotatable bonds is 2. The van der Waals surface area contributed by atoms with Crippen molar-refractivity contribution in [3.63, 3.8) is 0 Å². The summed E-state index contributed by atoms with van der Waals surface area (Å²) in [5.74, 6) is 0. The Kier molecular flexibility index (Phi) is 22.7. The Balaban J connectivity index is 0. The first-order chi connectivity index (χ1) is 4.33. The van der Waals surface area contributed by atoms with Gasteiger partial charge in [-0.05, 0) is 6.42 Å². The Morgan fingerprint density at radius 3 is 2.11 bits per heavy atom. The van der Waals surface area contributed by atoms with Gasteiger partial charge in [-0.2, -0.15) is 5.26 Å². The fraction of sp³-hybridized carbons (Fsp3) is 0.800. The summed E-state index contributed by atoms with van der Waals surface area (Å²) in [7, 11) is 0. The molecule has 1 nitrogen and oxygen atoms in total. The Hall–Kier alpha value is 1.07. The van der Waals surface area contributed by atoms with Crippen LogP contribution in [0.25, 0.3) is 0 Å². The van der Waals surface area contributed by atoms with Crippen LogP contribution in [0.15, 0.2) is 0 Å². The molecule has 9 heavy (non-hydrogen) atoms. The zero-order valence-corrected chi connectivity index (χ0v) is 11.7. The van der Waals surface area contributed by atoms with E-state index in [1.807, 2.05) is 0 Å². The van der Waals surface area contributed by atoms with E-state index in [1.165, 1.54) is 0 Å². The Morgan fingerprint density at radius 1 is 1.56 bits per heavy atom. The van der Waals surface area contributed by atoms with E-state index < -0.39 is 0 Å². The van der Waals surface area contributed by atoms with Crippen LogP contribution in [-0.4, -0.2) is 0 Å². The minimum absolute atomic E-state index is 0.250. The molecule has 0 unspecified atom stereocenters. The first kappa shape index (κ1) is 12.7. The molecular formula is C5H9Br2NZn. The fourth-order valence-electron chi connectivity index (χ4n) is 0.256. The normalized spacial score (nSPS) is 6.00. The third kappa shape index (κ3) is 27.4. The van der Waals surface area contributed by atoms with Gasteiger partial charge < -0.3 is 0 Å². The summed E-state index contributed by atoms with van der Waals surface area (Å²) in [6.07, 6.45) is 2.90. The third-order valence-corrected chi connectivity index (χ3v) is 0.642. The van der Waals surface area contributed by atoms with Crippen molar-refractivity contribution in [3.8, 4) is 6.07 Å². The Labute approximate surface area is 77.5 Å². The maximum absolute atomic E-state index is 7.95. The van der Waals surface area contributed by atoms with Crippen LogP contribution < -0.4 is 0 Å². The monoisotopic (exact) mass is 305 g/mol. The molecule has 0 aromatic heterocycles. The molecule has 0 saturated carbocycles. The third-order valence-electron chi connectivity index (χ3n) is 0.642. The molecule has 0 aliphatic carbocycles. The van der Waals surface area contributed by atoms with Crippen molar-refractivity contribution < 1.29 is 13.2 Å². The SMILES string of the molecule is CCCCC#N.[Br][Zn][Br]. The molecule has 4 heteroatoms. The van der Waals surface area contributed by atoms with Crippen LogP contribution in [0.5, 0.6) is 0 Å². The predicted octanol–water partition coefficient (Wildman–Crippen LogP) is 3.39. The number of unbranched alkanes of at least 4 members (excludes halogenated alkanes) is 2. The van der Waals surface area contributed by atoms with Gasteiger partial charge >= 0.3 is 40.5 Å². The second-order valence-corrected chi connectivity index (χ2v) is 15.4. The zero-order valence-electron chi connectivity index (χ0n) is 5.53. The van der Waals surface area contributed by atoms with Crippen LogP contribution in [-0.2, 0) is 13.2 Å². The molecule has 0 spiro atoms. The minimum atomic E-state index is -0.250. The maximum atomic E-state index is 7.95. The van der Waals surface area contributed by atoms with Crippen LogP contribution in [0.4, 0.5) is 0 Å². The molecule has 0 aromatic carbocycles. The topological polar surface area (TPSA) is 23.8 Å². The van der Waals surface area contributed by atoms with Gasteiger partial charge in [-0.15, -0.1) is 0 Å². The van der Waals surface area contributed by atoms with Gasteiger partial charge in [0.05, 0.1) is 6.07 Å². The van der Waals surface area contributed by atoms with E-state index in [-0.39, 0.29) is 13.2 Å². The molecule has 0 radical (unpaired) electrons. The summed E-state index contributed by atoms with van der Waals surface area (Å²) < 4.78 is 0. The van der Waals surface area contributed by atoms with E-state index in [2.05, 4.69) is 40.2 Å². The molecule has 0 rings (SSSR count). The molecule has 50 valence electrons. The van der Waals surface area contributed by atoms with Gasteiger partial charge in [-0.1, -0.05) is 13.3 Å². The van der Waals surface area contributed by atoms with Crippen molar-refractivity contribution in [2.24, 2.45) is 0 Å². The summed E-state index contributed by atoms with van der Waals surface area (Å²) in [6.45, 7) is 2.08. The van der Waals surface area contributed by atoms with Crippen LogP contribution in [0, 0.1) is 11.3 Å². The van der Waals surface area contributed by atoms with E-state index in [0.29, 0.717) is 0 Å². The fourth-order valence-corrected chi connectivity index (χ4v) is 0.256. The summed E-state index contributed by atoms with van der Waals surface area (Å²) in [6, 6.07) is 2.07. The number of nitrogens with zero attached hydrogens (tertiary/aromatic N) is 1. The van der Waals surface area contributed by atoms with E-state index in [1.54, 1.807) is 0 Å². The van der Waals surface area contributed by atoms with Crippen molar-refractivity contribution in [3.05, 3.63) is 0 Å². The molecule has 0 aliphatic heterocycles. The van der Waals surface area contributed by atoms with Crippen molar-refractivity contribution in [2.45, 2.75) is 26.2 Å². The van der Waals surface area contributed by atoms with E-state index in [9.17, 15) is 0 Å². The predicted molar refractivity (Wildman–Crippen MR) is 43.0 cm³/mol. The number of halogens is 2. The average molecular weight is 308 g/mol. The summed E-state index contributed by atoms with van der Waals surface area (Å²) >= 11 is 6.25. The van der Waals surface area contributed by atoms with E-state index in [0.717, 1.165) is 19.3 Å².